The Morgan fingerprint density at radius 1 is 1.28 bits per heavy atom. The van der Waals surface area contributed by atoms with Crippen LogP contribution in [0.15, 0.2) is 22.7 Å². The van der Waals surface area contributed by atoms with Crippen LogP contribution in [-0.2, 0) is 4.79 Å². The number of halogens is 1. The number of nitrogens with zero attached hydrogens (tertiary/aromatic N) is 1. The molecule has 0 saturated heterocycles. The van der Waals surface area contributed by atoms with Crippen LogP contribution in [0, 0.1) is 0 Å². The summed E-state index contributed by atoms with van der Waals surface area (Å²) in [7, 11) is 4.92. The minimum atomic E-state index is -0.0476. The first-order valence-corrected chi connectivity index (χ1v) is 6.32. The van der Waals surface area contributed by atoms with Crippen LogP contribution in [0.3, 0.4) is 0 Å². The van der Waals surface area contributed by atoms with Gasteiger partial charge in [0.05, 0.1) is 11.6 Å². The van der Waals surface area contributed by atoms with Crippen molar-refractivity contribution in [2.24, 2.45) is 0 Å². The predicted molar refractivity (Wildman–Crippen MR) is 73.0 cm³/mol. The van der Waals surface area contributed by atoms with Gasteiger partial charge in [-0.25, -0.2) is 0 Å². The topological polar surface area (TPSA) is 46.6 Å². The first kappa shape index (κ1) is 14.7. The number of benzene rings is 1. The van der Waals surface area contributed by atoms with E-state index in [1.165, 1.54) is 4.90 Å². The van der Waals surface area contributed by atoms with Crippen LogP contribution in [0.4, 0.5) is 0 Å². The Morgan fingerprint density at radius 3 is 2.44 bits per heavy atom. The van der Waals surface area contributed by atoms with Gasteiger partial charge in [-0.2, -0.15) is 0 Å². The summed E-state index contributed by atoms with van der Waals surface area (Å²) >= 11 is 3.33. The third-order valence-corrected chi connectivity index (χ3v) is 3.16. The number of Topliss-reactive ketones (excluding diaryl/α,β-unsaturated/α-hetero) is 1. The highest BCUT2D eigenvalue weighted by molar-refractivity contribution is 9.10. The summed E-state index contributed by atoms with van der Waals surface area (Å²) in [4.78, 5) is 24.8. The van der Waals surface area contributed by atoms with Gasteiger partial charge in [-0.1, -0.05) is 0 Å². The molecule has 4 nitrogen and oxygen atoms in total. The summed E-state index contributed by atoms with van der Waals surface area (Å²) < 4.78 is 5.82. The Balaban J connectivity index is 2.68. The summed E-state index contributed by atoms with van der Waals surface area (Å²) in [6.07, 6.45) is 0.450. The van der Waals surface area contributed by atoms with Crippen molar-refractivity contribution in [2.75, 3.05) is 21.2 Å². The quantitative estimate of drug-likeness (QED) is 0.785. The van der Waals surface area contributed by atoms with E-state index in [0.29, 0.717) is 11.3 Å². The molecular weight excluding hydrogens is 298 g/mol. The van der Waals surface area contributed by atoms with Crippen LogP contribution < -0.4 is 4.74 Å². The number of carbonyl (C=O) groups is 2. The van der Waals surface area contributed by atoms with Crippen molar-refractivity contribution in [1.29, 1.82) is 0 Å². The van der Waals surface area contributed by atoms with Crippen LogP contribution in [0.25, 0.3) is 0 Å². The van der Waals surface area contributed by atoms with E-state index in [1.807, 2.05) is 0 Å². The van der Waals surface area contributed by atoms with E-state index in [-0.39, 0.29) is 24.5 Å². The molecule has 0 aromatic heterocycles. The summed E-state index contributed by atoms with van der Waals surface area (Å²) in [6, 6.07) is 5.14. The minimum absolute atomic E-state index is 0.0454. The molecule has 5 heteroatoms. The van der Waals surface area contributed by atoms with Crippen LogP contribution in [0.2, 0.25) is 0 Å². The summed E-state index contributed by atoms with van der Waals surface area (Å²) in [5.74, 6) is 0.584. The van der Waals surface area contributed by atoms with Gasteiger partial charge in [-0.05, 0) is 34.1 Å². The number of rotatable bonds is 5. The normalized spacial score (nSPS) is 10.0. The SMILES string of the molecule is COc1ccc(C(=O)CCC(=O)N(C)C)cc1Br. The summed E-state index contributed by atoms with van der Waals surface area (Å²) in [6.45, 7) is 0. The Labute approximate surface area is 115 Å². The molecule has 1 aromatic rings. The van der Waals surface area contributed by atoms with Crippen molar-refractivity contribution >= 4 is 27.6 Å². The van der Waals surface area contributed by atoms with Gasteiger partial charge in [-0.15, -0.1) is 0 Å². The Bertz CT molecular complexity index is 458. The zero-order valence-corrected chi connectivity index (χ0v) is 12.3. The molecule has 98 valence electrons. The molecule has 1 amide bonds. The Hall–Kier alpha value is -1.36. The fourth-order valence-corrected chi connectivity index (χ4v) is 1.97. The van der Waals surface area contributed by atoms with Gasteiger partial charge in [0.15, 0.2) is 5.78 Å². The lowest BCUT2D eigenvalue weighted by molar-refractivity contribution is -0.128. The summed E-state index contributed by atoms with van der Waals surface area (Å²) in [5, 5.41) is 0. The highest BCUT2D eigenvalue weighted by Crippen LogP contribution is 2.26. The number of amides is 1. The molecule has 0 aliphatic carbocycles. The van der Waals surface area contributed by atoms with Crippen molar-refractivity contribution in [3.8, 4) is 5.75 Å². The maximum absolute atomic E-state index is 11.9. The van der Waals surface area contributed by atoms with Crippen molar-refractivity contribution < 1.29 is 14.3 Å². The van der Waals surface area contributed by atoms with Gasteiger partial charge in [-0.3, -0.25) is 9.59 Å². The maximum atomic E-state index is 11.9. The first-order chi connectivity index (χ1) is 8.45. The number of hydrogen-bond acceptors (Lipinski definition) is 3. The second-order valence-corrected chi connectivity index (χ2v) is 4.92. The third kappa shape index (κ3) is 3.84. The standard InChI is InChI=1S/C13H16BrNO3/c1-15(2)13(17)7-5-11(16)9-4-6-12(18-3)10(14)8-9/h4,6,8H,5,7H2,1-3H3. The van der Waals surface area contributed by atoms with E-state index < -0.39 is 0 Å². The zero-order valence-electron chi connectivity index (χ0n) is 10.7. The monoisotopic (exact) mass is 313 g/mol. The minimum Gasteiger partial charge on any atom is -0.496 e. The Morgan fingerprint density at radius 2 is 1.94 bits per heavy atom. The van der Waals surface area contributed by atoms with E-state index in [9.17, 15) is 9.59 Å². The van der Waals surface area contributed by atoms with Gasteiger partial charge >= 0.3 is 0 Å². The highest BCUT2D eigenvalue weighted by atomic mass is 79.9. The first-order valence-electron chi connectivity index (χ1n) is 5.52. The molecule has 0 aliphatic rings. The molecule has 0 aliphatic heterocycles. The van der Waals surface area contributed by atoms with Crippen molar-refractivity contribution in [1.82, 2.24) is 4.90 Å². The zero-order chi connectivity index (χ0) is 13.7. The van der Waals surface area contributed by atoms with Gasteiger partial charge < -0.3 is 9.64 Å². The van der Waals surface area contributed by atoms with Crippen LogP contribution in [0.5, 0.6) is 5.75 Å². The molecule has 0 N–H and O–H groups in total. The van der Waals surface area contributed by atoms with E-state index in [2.05, 4.69) is 15.9 Å². The number of ketones is 1. The fraction of sp³-hybridized carbons (Fsp3) is 0.385. The van der Waals surface area contributed by atoms with E-state index in [0.717, 1.165) is 4.47 Å². The lowest BCUT2D eigenvalue weighted by Crippen LogP contribution is -2.22. The van der Waals surface area contributed by atoms with Crippen LogP contribution in [-0.4, -0.2) is 37.8 Å². The third-order valence-electron chi connectivity index (χ3n) is 2.54. The van der Waals surface area contributed by atoms with E-state index in [1.54, 1.807) is 39.4 Å². The van der Waals surface area contributed by atoms with Gasteiger partial charge in [0.1, 0.15) is 5.75 Å². The van der Waals surface area contributed by atoms with Crippen molar-refractivity contribution in [3.05, 3.63) is 28.2 Å². The van der Waals surface area contributed by atoms with E-state index in [4.69, 9.17) is 4.74 Å². The van der Waals surface area contributed by atoms with E-state index >= 15 is 0 Å². The van der Waals surface area contributed by atoms with Crippen LogP contribution >= 0.6 is 15.9 Å². The molecule has 0 heterocycles. The molecule has 1 rings (SSSR count). The highest BCUT2D eigenvalue weighted by Gasteiger charge is 2.12. The molecule has 0 saturated carbocycles. The number of ether oxygens (including phenoxy) is 1. The number of methoxy groups -OCH3 is 1. The fourth-order valence-electron chi connectivity index (χ4n) is 1.43. The molecule has 1 aromatic carbocycles. The number of hydrogen-bond donors (Lipinski definition) is 0. The average Bonchev–Trinajstić information content (AvgIpc) is 2.35. The molecule has 18 heavy (non-hydrogen) atoms. The molecule has 0 radical (unpaired) electrons. The average molecular weight is 314 g/mol. The summed E-state index contributed by atoms with van der Waals surface area (Å²) in [5.41, 5.74) is 0.578. The predicted octanol–water partition coefficient (Wildman–Crippen LogP) is 2.51. The lowest BCUT2D eigenvalue weighted by Gasteiger charge is -2.09. The smallest absolute Gasteiger partial charge is 0.222 e. The molecule has 0 bridgehead atoms. The van der Waals surface area contributed by atoms with Crippen molar-refractivity contribution in [2.45, 2.75) is 12.8 Å². The second kappa shape index (κ2) is 6.54. The van der Waals surface area contributed by atoms with Crippen LogP contribution in [0.1, 0.15) is 23.2 Å². The van der Waals surface area contributed by atoms with Gasteiger partial charge in [0.2, 0.25) is 5.91 Å². The molecule has 0 atom stereocenters. The molecule has 0 fully saturated rings. The molecule has 0 unspecified atom stereocenters. The van der Waals surface area contributed by atoms with Gasteiger partial charge in [0.25, 0.3) is 0 Å². The maximum Gasteiger partial charge on any atom is 0.222 e. The largest absolute Gasteiger partial charge is 0.496 e. The number of carbonyl (C=O) groups excluding carboxylic acids is 2. The van der Waals surface area contributed by atoms with Gasteiger partial charge in [0, 0.05) is 32.5 Å². The molecule has 0 spiro atoms. The molecular formula is C13H16BrNO3. The second-order valence-electron chi connectivity index (χ2n) is 4.06. The Kier molecular flexibility index (Phi) is 5.34. The lowest BCUT2D eigenvalue weighted by atomic mass is 10.1. The van der Waals surface area contributed by atoms with Crippen molar-refractivity contribution in [3.63, 3.8) is 0 Å².